The number of unbranched alkanes of at least 4 members (excludes halogenated alkanes) is 2. The summed E-state index contributed by atoms with van der Waals surface area (Å²) < 4.78 is 11.3. The minimum atomic E-state index is -0.799. The summed E-state index contributed by atoms with van der Waals surface area (Å²) in [5.41, 5.74) is 0.989. The summed E-state index contributed by atoms with van der Waals surface area (Å²) in [6, 6.07) is 10.8. The molecule has 7 heteroatoms. The SMILES string of the molecule is CCCCCN1C(=O)C(=O)/C(=C(\O)c2cccc(OCC(C)C)c2)C1c1ccc(O)c(OCC)c1. The van der Waals surface area contributed by atoms with E-state index in [1.807, 2.05) is 13.8 Å². The molecule has 1 atom stereocenters. The molecule has 1 aliphatic heterocycles. The van der Waals surface area contributed by atoms with Crippen LogP contribution in [-0.4, -0.2) is 46.6 Å². The van der Waals surface area contributed by atoms with Crippen LogP contribution in [0.1, 0.15) is 64.1 Å². The molecule has 188 valence electrons. The summed E-state index contributed by atoms with van der Waals surface area (Å²) in [6.07, 6.45) is 2.60. The van der Waals surface area contributed by atoms with Gasteiger partial charge in [-0.1, -0.05) is 51.8 Å². The molecular weight excluding hydrogens is 446 g/mol. The first-order valence-corrected chi connectivity index (χ1v) is 12.3. The first-order chi connectivity index (χ1) is 16.8. The van der Waals surface area contributed by atoms with Crippen LogP contribution in [0.3, 0.4) is 0 Å². The van der Waals surface area contributed by atoms with Gasteiger partial charge in [0.1, 0.15) is 11.5 Å². The third kappa shape index (κ3) is 5.96. The molecule has 7 nitrogen and oxygen atoms in total. The lowest BCUT2D eigenvalue weighted by atomic mass is 9.94. The number of amides is 1. The van der Waals surface area contributed by atoms with Crippen molar-refractivity contribution in [1.29, 1.82) is 0 Å². The van der Waals surface area contributed by atoms with E-state index in [0.29, 0.717) is 42.6 Å². The van der Waals surface area contributed by atoms with Gasteiger partial charge in [0, 0.05) is 12.1 Å². The van der Waals surface area contributed by atoms with Gasteiger partial charge in [-0.3, -0.25) is 9.59 Å². The fourth-order valence-corrected chi connectivity index (χ4v) is 4.11. The van der Waals surface area contributed by atoms with Crippen LogP contribution in [0.15, 0.2) is 48.0 Å². The summed E-state index contributed by atoms with van der Waals surface area (Å²) in [5.74, 6) is -0.516. The first-order valence-electron chi connectivity index (χ1n) is 12.3. The Labute approximate surface area is 207 Å². The molecular formula is C28H35NO6. The zero-order valence-corrected chi connectivity index (χ0v) is 20.9. The lowest BCUT2D eigenvalue weighted by Crippen LogP contribution is -2.30. The van der Waals surface area contributed by atoms with Gasteiger partial charge in [-0.05, 0) is 49.1 Å². The van der Waals surface area contributed by atoms with Gasteiger partial charge in [0.05, 0.1) is 24.8 Å². The minimum Gasteiger partial charge on any atom is -0.507 e. The van der Waals surface area contributed by atoms with Crippen molar-refractivity contribution in [2.45, 2.75) is 53.0 Å². The number of rotatable bonds is 11. The highest BCUT2D eigenvalue weighted by molar-refractivity contribution is 6.46. The molecule has 1 fully saturated rings. The van der Waals surface area contributed by atoms with Crippen molar-refractivity contribution in [3.8, 4) is 17.2 Å². The molecule has 2 N–H and O–H groups in total. The fraction of sp³-hybridized carbons (Fsp3) is 0.429. The van der Waals surface area contributed by atoms with Gasteiger partial charge in [0.2, 0.25) is 0 Å². The van der Waals surface area contributed by atoms with E-state index in [1.165, 1.54) is 11.0 Å². The largest absolute Gasteiger partial charge is 0.507 e. The lowest BCUT2D eigenvalue weighted by molar-refractivity contribution is -0.139. The van der Waals surface area contributed by atoms with Crippen molar-refractivity contribution >= 4 is 17.4 Å². The highest BCUT2D eigenvalue weighted by atomic mass is 16.5. The lowest BCUT2D eigenvalue weighted by Gasteiger charge is -2.26. The molecule has 0 saturated carbocycles. The van der Waals surface area contributed by atoms with Gasteiger partial charge < -0.3 is 24.6 Å². The number of aromatic hydroxyl groups is 1. The van der Waals surface area contributed by atoms with Gasteiger partial charge >= 0.3 is 0 Å². The van der Waals surface area contributed by atoms with Crippen LogP contribution in [0.2, 0.25) is 0 Å². The number of ether oxygens (including phenoxy) is 2. The number of phenols is 1. The van der Waals surface area contributed by atoms with Crippen LogP contribution >= 0.6 is 0 Å². The maximum atomic E-state index is 13.2. The van der Waals surface area contributed by atoms with E-state index in [4.69, 9.17) is 9.47 Å². The number of nitrogens with zero attached hydrogens (tertiary/aromatic N) is 1. The molecule has 0 aromatic heterocycles. The van der Waals surface area contributed by atoms with Crippen molar-refractivity contribution in [2.75, 3.05) is 19.8 Å². The number of carbonyl (C=O) groups is 2. The Morgan fingerprint density at radius 1 is 1.06 bits per heavy atom. The van der Waals surface area contributed by atoms with Crippen molar-refractivity contribution in [2.24, 2.45) is 5.92 Å². The predicted molar refractivity (Wildman–Crippen MR) is 135 cm³/mol. The molecule has 0 spiro atoms. The van der Waals surface area contributed by atoms with Crippen molar-refractivity contribution in [3.05, 3.63) is 59.2 Å². The zero-order valence-electron chi connectivity index (χ0n) is 20.9. The molecule has 3 rings (SSSR count). The van der Waals surface area contributed by atoms with Gasteiger partial charge in [0.25, 0.3) is 11.7 Å². The van der Waals surface area contributed by atoms with E-state index >= 15 is 0 Å². The van der Waals surface area contributed by atoms with E-state index in [9.17, 15) is 19.8 Å². The van der Waals surface area contributed by atoms with E-state index in [2.05, 4.69) is 6.92 Å². The molecule has 1 amide bonds. The Hall–Kier alpha value is -3.48. The van der Waals surface area contributed by atoms with E-state index in [-0.39, 0.29) is 22.8 Å². The van der Waals surface area contributed by atoms with E-state index < -0.39 is 17.7 Å². The summed E-state index contributed by atoms with van der Waals surface area (Å²) in [4.78, 5) is 27.8. The molecule has 2 aromatic rings. The number of ketones is 1. The number of Topliss-reactive ketones (excluding diaryl/α,β-unsaturated/α-hetero) is 1. The molecule has 35 heavy (non-hydrogen) atoms. The van der Waals surface area contributed by atoms with E-state index in [1.54, 1.807) is 43.3 Å². The van der Waals surface area contributed by atoms with Crippen LogP contribution in [0.5, 0.6) is 17.2 Å². The maximum Gasteiger partial charge on any atom is 0.295 e. The van der Waals surface area contributed by atoms with Crippen molar-refractivity contribution < 1.29 is 29.3 Å². The summed E-state index contributed by atoms with van der Waals surface area (Å²) in [6.45, 7) is 9.18. The Balaban J connectivity index is 2.10. The molecule has 1 heterocycles. The van der Waals surface area contributed by atoms with Crippen LogP contribution < -0.4 is 9.47 Å². The van der Waals surface area contributed by atoms with Gasteiger partial charge in [-0.25, -0.2) is 0 Å². The Morgan fingerprint density at radius 2 is 1.83 bits per heavy atom. The third-order valence-electron chi connectivity index (χ3n) is 5.83. The van der Waals surface area contributed by atoms with Gasteiger partial charge in [-0.15, -0.1) is 0 Å². The maximum absolute atomic E-state index is 13.2. The second-order valence-electron chi connectivity index (χ2n) is 9.09. The number of aliphatic hydroxyl groups excluding tert-OH is 1. The zero-order chi connectivity index (χ0) is 25.5. The second-order valence-corrected chi connectivity index (χ2v) is 9.09. The molecule has 1 unspecified atom stereocenters. The molecule has 0 aliphatic carbocycles. The number of phenolic OH excluding ortho intramolecular Hbond substituents is 1. The summed E-state index contributed by atoms with van der Waals surface area (Å²) >= 11 is 0. The number of carbonyl (C=O) groups excluding carboxylic acids is 2. The average Bonchev–Trinajstić information content (AvgIpc) is 3.09. The molecule has 1 saturated heterocycles. The molecule has 2 aromatic carbocycles. The Kier molecular flexibility index (Phi) is 8.79. The highest BCUT2D eigenvalue weighted by Gasteiger charge is 2.46. The Bertz CT molecular complexity index is 1090. The summed E-state index contributed by atoms with van der Waals surface area (Å²) in [5, 5.41) is 21.5. The van der Waals surface area contributed by atoms with Crippen molar-refractivity contribution in [1.82, 2.24) is 4.90 Å². The normalized spacial score (nSPS) is 17.3. The Morgan fingerprint density at radius 3 is 2.51 bits per heavy atom. The third-order valence-corrected chi connectivity index (χ3v) is 5.83. The number of hydrogen-bond donors (Lipinski definition) is 2. The van der Waals surface area contributed by atoms with Crippen LogP contribution in [0.4, 0.5) is 0 Å². The summed E-state index contributed by atoms with van der Waals surface area (Å²) in [7, 11) is 0. The predicted octanol–water partition coefficient (Wildman–Crippen LogP) is 5.44. The number of aliphatic hydroxyl groups is 1. The monoisotopic (exact) mass is 481 g/mol. The molecule has 0 radical (unpaired) electrons. The molecule has 1 aliphatic rings. The number of benzene rings is 2. The standard InChI is InChI=1S/C28H35NO6/c1-5-7-8-14-29-25(19-12-13-22(30)23(16-19)34-6-2)24(27(32)28(29)33)26(31)20-10-9-11-21(15-20)35-17-18(3)4/h9-13,15-16,18,25,30-31H,5-8,14,17H2,1-4H3/b26-24-. The highest BCUT2D eigenvalue weighted by Crippen LogP contribution is 2.42. The van der Waals surface area contributed by atoms with Crippen LogP contribution in [0, 0.1) is 5.92 Å². The van der Waals surface area contributed by atoms with Crippen LogP contribution in [0.25, 0.3) is 5.76 Å². The van der Waals surface area contributed by atoms with Crippen molar-refractivity contribution in [3.63, 3.8) is 0 Å². The van der Waals surface area contributed by atoms with Crippen LogP contribution in [-0.2, 0) is 9.59 Å². The fourth-order valence-electron chi connectivity index (χ4n) is 4.11. The number of likely N-dealkylation sites (tertiary alicyclic amines) is 1. The number of hydrogen-bond acceptors (Lipinski definition) is 6. The first kappa shape index (κ1) is 26.1. The van der Waals surface area contributed by atoms with Gasteiger partial charge in [0.15, 0.2) is 11.5 Å². The smallest absolute Gasteiger partial charge is 0.295 e. The van der Waals surface area contributed by atoms with E-state index in [0.717, 1.165) is 19.3 Å². The quantitative estimate of drug-likeness (QED) is 0.192. The minimum absolute atomic E-state index is 0.0145. The average molecular weight is 482 g/mol. The molecule has 0 bridgehead atoms. The van der Waals surface area contributed by atoms with Gasteiger partial charge in [-0.2, -0.15) is 0 Å². The second kappa shape index (κ2) is 11.8. The topological polar surface area (TPSA) is 96.3 Å².